The summed E-state index contributed by atoms with van der Waals surface area (Å²) in [5.41, 5.74) is 0.856. The van der Waals surface area contributed by atoms with Gasteiger partial charge in [-0.1, -0.05) is 41.6 Å². The average molecular weight is 307 g/mol. The number of nitrogens with zero attached hydrogens (tertiary/aromatic N) is 1. The van der Waals surface area contributed by atoms with Gasteiger partial charge in [-0.3, -0.25) is 9.59 Å². The first-order chi connectivity index (χ1) is 9.52. The highest BCUT2D eigenvalue weighted by Crippen LogP contribution is 2.33. The summed E-state index contributed by atoms with van der Waals surface area (Å²) >= 11 is 7.27. The lowest BCUT2D eigenvalue weighted by Crippen LogP contribution is -2.24. The van der Waals surface area contributed by atoms with Crippen molar-refractivity contribution in [1.29, 1.82) is 5.26 Å². The Hall–Kier alpha value is -1.77. The predicted octanol–water partition coefficient (Wildman–Crippen LogP) is 2.44. The quantitative estimate of drug-likeness (QED) is 0.688. The maximum atomic E-state index is 11.9. The van der Waals surface area contributed by atoms with Crippen molar-refractivity contribution in [2.75, 3.05) is 0 Å². The van der Waals surface area contributed by atoms with E-state index in [-0.39, 0.29) is 22.5 Å². The lowest BCUT2D eigenvalue weighted by atomic mass is 10.1. The van der Waals surface area contributed by atoms with E-state index in [0.29, 0.717) is 16.5 Å². The van der Waals surface area contributed by atoms with E-state index in [2.05, 4.69) is 5.32 Å². The van der Waals surface area contributed by atoms with Gasteiger partial charge in [0.15, 0.2) is 5.78 Å². The number of nitriles is 1. The van der Waals surface area contributed by atoms with Crippen LogP contribution in [0.1, 0.15) is 12.5 Å². The average Bonchev–Trinajstić information content (AvgIpc) is 2.74. The first-order valence-electron chi connectivity index (χ1n) is 5.89. The van der Waals surface area contributed by atoms with E-state index in [0.717, 1.165) is 5.56 Å². The fraction of sp³-hybridized carbons (Fsp3) is 0.214. The van der Waals surface area contributed by atoms with Gasteiger partial charge in [0, 0.05) is 5.02 Å². The van der Waals surface area contributed by atoms with E-state index in [1.165, 1.54) is 18.7 Å². The van der Waals surface area contributed by atoms with E-state index in [9.17, 15) is 9.59 Å². The molecule has 0 saturated carbocycles. The van der Waals surface area contributed by atoms with Gasteiger partial charge < -0.3 is 5.32 Å². The highest BCUT2D eigenvalue weighted by atomic mass is 35.5. The van der Waals surface area contributed by atoms with Crippen LogP contribution in [0.15, 0.2) is 34.9 Å². The Balaban J connectivity index is 2.21. The van der Waals surface area contributed by atoms with Crippen molar-refractivity contribution in [3.8, 4) is 6.07 Å². The lowest BCUT2D eigenvalue weighted by molar-refractivity contribution is -0.119. The molecule has 0 radical (unpaired) electrons. The van der Waals surface area contributed by atoms with Crippen molar-refractivity contribution in [3.63, 3.8) is 0 Å². The highest BCUT2D eigenvalue weighted by Gasteiger charge is 2.32. The van der Waals surface area contributed by atoms with Crippen LogP contribution in [0.4, 0.5) is 0 Å². The van der Waals surface area contributed by atoms with Crippen molar-refractivity contribution in [2.24, 2.45) is 0 Å². The molecule has 1 atom stereocenters. The Morgan fingerprint density at radius 2 is 2.20 bits per heavy atom. The van der Waals surface area contributed by atoms with Gasteiger partial charge in [-0.15, -0.1) is 0 Å². The molecule has 1 N–H and O–H groups in total. The van der Waals surface area contributed by atoms with Gasteiger partial charge >= 0.3 is 0 Å². The predicted molar refractivity (Wildman–Crippen MR) is 78.0 cm³/mol. The molecule has 0 unspecified atom stereocenters. The number of allylic oxidation sites excluding steroid dienone is 1. The Morgan fingerprint density at radius 3 is 2.80 bits per heavy atom. The Bertz CT molecular complexity index is 649. The van der Waals surface area contributed by atoms with Gasteiger partial charge in [-0.25, -0.2) is 0 Å². The third kappa shape index (κ3) is 3.03. The van der Waals surface area contributed by atoms with Crippen LogP contribution in [-0.2, 0) is 16.0 Å². The number of rotatable bonds is 3. The van der Waals surface area contributed by atoms with Crippen LogP contribution in [0.2, 0.25) is 5.02 Å². The molecule has 1 fully saturated rings. The molecule has 1 amide bonds. The summed E-state index contributed by atoms with van der Waals surface area (Å²) in [5, 5.41) is 12.1. The van der Waals surface area contributed by atoms with Crippen LogP contribution >= 0.6 is 23.4 Å². The standard InChI is InChI=1S/C14H11ClN2O2S/c1-8(18)10(7-16)14-17-13(19)12(20-14)6-9-4-2-3-5-11(9)15/h2-5,12H,6H2,1H3,(H,17,19)/b14-10-/t12-/m1/s1. The van der Waals surface area contributed by atoms with E-state index >= 15 is 0 Å². The fourth-order valence-electron chi connectivity index (χ4n) is 1.83. The molecule has 2 rings (SSSR count). The summed E-state index contributed by atoms with van der Waals surface area (Å²) in [7, 11) is 0. The normalized spacial score (nSPS) is 20.2. The van der Waals surface area contributed by atoms with Crippen molar-refractivity contribution in [1.82, 2.24) is 5.32 Å². The molecule has 0 aromatic heterocycles. The van der Waals surface area contributed by atoms with E-state index < -0.39 is 0 Å². The molecule has 20 heavy (non-hydrogen) atoms. The Morgan fingerprint density at radius 1 is 1.50 bits per heavy atom. The number of hydrogen-bond donors (Lipinski definition) is 1. The number of benzene rings is 1. The van der Waals surface area contributed by atoms with Crippen LogP contribution in [0.25, 0.3) is 0 Å². The number of halogens is 1. The van der Waals surface area contributed by atoms with E-state index in [1.807, 2.05) is 24.3 Å². The van der Waals surface area contributed by atoms with Gasteiger partial charge in [0.05, 0.1) is 10.3 Å². The first kappa shape index (κ1) is 14.6. The van der Waals surface area contributed by atoms with Crippen molar-refractivity contribution >= 4 is 35.1 Å². The van der Waals surface area contributed by atoms with Crippen molar-refractivity contribution in [3.05, 3.63) is 45.5 Å². The third-order valence-electron chi connectivity index (χ3n) is 2.84. The maximum absolute atomic E-state index is 11.9. The number of Topliss-reactive ketones (excluding diaryl/α,β-unsaturated/α-hetero) is 1. The van der Waals surface area contributed by atoms with Gasteiger partial charge in [0.25, 0.3) is 0 Å². The minimum absolute atomic E-state index is 0.00925. The van der Waals surface area contributed by atoms with Gasteiger partial charge in [0.2, 0.25) is 5.91 Å². The molecule has 0 bridgehead atoms. The first-order valence-corrected chi connectivity index (χ1v) is 7.15. The molecule has 1 aliphatic heterocycles. The molecule has 6 heteroatoms. The largest absolute Gasteiger partial charge is 0.318 e. The number of hydrogen-bond acceptors (Lipinski definition) is 4. The third-order valence-corrected chi connectivity index (χ3v) is 4.42. The maximum Gasteiger partial charge on any atom is 0.238 e. The number of carbonyl (C=O) groups is 2. The summed E-state index contributed by atoms with van der Waals surface area (Å²) < 4.78 is 0. The Labute approximate surface area is 125 Å². The number of thioether (sulfide) groups is 1. The summed E-state index contributed by atoms with van der Waals surface area (Å²) in [4.78, 5) is 23.2. The number of amides is 1. The summed E-state index contributed by atoms with van der Waals surface area (Å²) in [6.07, 6.45) is 0.455. The molecule has 1 heterocycles. The molecule has 102 valence electrons. The molecule has 1 aromatic rings. The van der Waals surface area contributed by atoms with Crippen LogP contribution in [0.5, 0.6) is 0 Å². The fourth-order valence-corrected chi connectivity index (χ4v) is 3.22. The topological polar surface area (TPSA) is 70.0 Å². The van der Waals surface area contributed by atoms with Crippen LogP contribution in [0.3, 0.4) is 0 Å². The van der Waals surface area contributed by atoms with Crippen molar-refractivity contribution < 1.29 is 9.59 Å². The minimum atomic E-state index is -0.382. The molecular weight excluding hydrogens is 296 g/mol. The smallest absolute Gasteiger partial charge is 0.238 e. The van der Waals surface area contributed by atoms with Crippen LogP contribution in [-0.4, -0.2) is 16.9 Å². The van der Waals surface area contributed by atoms with E-state index in [1.54, 1.807) is 6.07 Å². The number of ketones is 1. The monoisotopic (exact) mass is 306 g/mol. The van der Waals surface area contributed by atoms with Crippen LogP contribution < -0.4 is 5.32 Å². The molecule has 1 saturated heterocycles. The number of carbonyl (C=O) groups excluding carboxylic acids is 2. The van der Waals surface area contributed by atoms with Gasteiger partial charge in [0.1, 0.15) is 11.6 Å². The molecule has 1 aromatic carbocycles. The van der Waals surface area contributed by atoms with E-state index in [4.69, 9.17) is 16.9 Å². The molecular formula is C14H11ClN2O2S. The molecule has 0 spiro atoms. The van der Waals surface area contributed by atoms with Gasteiger partial charge in [-0.2, -0.15) is 5.26 Å². The number of nitrogens with one attached hydrogen (secondary N) is 1. The SMILES string of the molecule is CC(=O)/C(C#N)=C1/NC(=O)[C@@H](Cc2ccccc2Cl)S1. The van der Waals surface area contributed by atoms with Crippen molar-refractivity contribution in [2.45, 2.75) is 18.6 Å². The van der Waals surface area contributed by atoms with Crippen LogP contribution in [0, 0.1) is 11.3 Å². The zero-order valence-electron chi connectivity index (χ0n) is 10.6. The molecule has 4 nitrogen and oxygen atoms in total. The molecule has 1 aliphatic rings. The Kier molecular flexibility index (Phi) is 4.48. The summed E-state index contributed by atoms with van der Waals surface area (Å²) in [5.74, 6) is -0.562. The zero-order chi connectivity index (χ0) is 14.7. The molecule has 0 aliphatic carbocycles. The second-order valence-electron chi connectivity index (χ2n) is 4.26. The summed E-state index contributed by atoms with van der Waals surface area (Å²) in [6.45, 7) is 1.31. The second kappa shape index (κ2) is 6.12. The second-order valence-corrected chi connectivity index (χ2v) is 5.88. The zero-order valence-corrected chi connectivity index (χ0v) is 12.2. The summed E-state index contributed by atoms with van der Waals surface area (Å²) in [6, 6.07) is 9.12. The minimum Gasteiger partial charge on any atom is -0.318 e. The van der Waals surface area contributed by atoms with Gasteiger partial charge in [-0.05, 0) is 25.0 Å². The highest BCUT2D eigenvalue weighted by molar-refractivity contribution is 8.04. The lowest BCUT2D eigenvalue weighted by Gasteiger charge is -2.07.